The van der Waals surface area contributed by atoms with Crippen molar-refractivity contribution in [1.29, 1.82) is 0 Å². The average molecular weight is 289 g/mol. The molecule has 0 saturated heterocycles. The van der Waals surface area contributed by atoms with Gasteiger partial charge in [0.05, 0.1) is 0 Å². The highest BCUT2D eigenvalue weighted by molar-refractivity contribution is 5.97. The topological polar surface area (TPSA) is 70.6 Å². The van der Waals surface area contributed by atoms with E-state index < -0.39 is 5.91 Å². The van der Waals surface area contributed by atoms with Crippen LogP contribution in [0, 0.1) is 0 Å². The molecule has 1 rings (SSSR count). The molecule has 0 aromatic heterocycles. The number of hydrogen-bond donors (Lipinski definition) is 2. The number of hydrazone groups is 1. The summed E-state index contributed by atoms with van der Waals surface area (Å²) in [6.07, 6.45) is 2.78. The third kappa shape index (κ3) is 7.87. The number of rotatable bonds is 8. The van der Waals surface area contributed by atoms with Crippen molar-refractivity contribution in [2.75, 3.05) is 0 Å². The van der Waals surface area contributed by atoms with E-state index in [-0.39, 0.29) is 12.3 Å². The van der Waals surface area contributed by atoms with Crippen LogP contribution in [0.15, 0.2) is 35.4 Å². The van der Waals surface area contributed by atoms with Crippen molar-refractivity contribution < 1.29 is 9.59 Å². The average Bonchev–Trinajstić information content (AvgIpc) is 2.50. The Morgan fingerprint density at radius 2 is 1.86 bits per heavy atom. The van der Waals surface area contributed by atoms with Crippen molar-refractivity contribution in [3.8, 4) is 0 Å². The summed E-state index contributed by atoms with van der Waals surface area (Å²) < 4.78 is 0. The maximum absolute atomic E-state index is 11.6. The van der Waals surface area contributed by atoms with Crippen molar-refractivity contribution in [1.82, 2.24) is 10.7 Å². The molecule has 1 aromatic rings. The molecule has 5 nitrogen and oxygen atoms in total. The Morgan fingerprint density at radius 3 is 2.52 bits per heavy atom. The second-order valence-electron chi connectivity index (χ2n) is 4.92. The van der Waals surface area contributed by atoms with Crippen LogP contribution in [-0.2, 0) is 16.1 Å². The Morgan fingerprint density at radius 1 is 1.14 bits per heavy atom. The molecular weight excluding hydrogens is 266 g/mol. The standard InChI is InChI=1S/C16H23N3O2/c1-3-4-8-13(2)18-19-16(21)11-15(20)17-12-14-9-6-5-7-10-14/h5-7,9-10H,3-4,8,11-12H2,1-2H3,(H,17,20)(H,19,21)/b18-13+. The Labute approximate surface area is 125 Å². The van der Waals surface area contributed by atoms with Gasteiger partial charge in [-0.1, -0.05) is 43.7 Å². The van der Waals surface area contributed by atoms with Crippen LogP contribution < -0.4 is 10.7 Å². The second-order valence-corrected chi connectivity index (χ2v) is 4.92. The molecule has 5 heteroatoms. The Hall–Kier alpha value is -2.17. The summed E-state index contributed by atoms with van der Waals surface area (Å²) in [5, 5.41) is 6.67. The number of nitrogens with one attached hydrogen (secondary N) is 2. The summed E-state index contributed by atoms with van der Waals surface area (Å²) in [5.41, 5.74) is 4.28. The Balaban J connectivity index is 2.26. The Bertz CT molecular complexity index is 484. The minimum atomic E-state index is -0.392. The molecule has 0 heterocycles. The van der Waals surface area contributed by atoms with Crippen LogP contribution in [-0.4, -0.2) is 17.5 Å². The number of carbonyl (C=O) groups is 2. The second kappa shape index (κ2) is 9.69. The lowest BCUT2D eigenvalue weighted by atomic mass is 10.2. The largest absolute Gasteiger partial charge is 0.352 e. The zero-order valence-electron chi connectivity index (χ0n) is 12.7. The molecule has 0 unspecified atom stereocenters. The molecule has 0 aliphatic carbocycles. The summed E-state index contributed by atoms with van der Waals surface area (Å²) in [5.74, 6) is -0.700. The van der Waals surface area contributed by atoms with Crippen LogP contribution in [0.1, 0.15) is 45.1 Å². The maximum Gasteiger partial charge on any atom is 0.249 e. The van der Waals surface area contributed by atoms with E-state index in [9.17, 15) is 9.59 Å². The molecule has 21 heavy (non-hydrogen) atoms. The number of nitrogens with zero attached hydrogens (tertiary/aromatic N) is 1. The van der Waals surface area contributed by atoms with Gasteiger partial charge in [-0.2, -0.15) is 5.10 Å². The summed E-state index contributed by atoms with van der Waals surface area (Å²) in [6.45, 7) is 4.39. The minimum absolute atomic E-state index is 0.211. The van der Waals surface area contributed by atoms with Crippen LogP contribution in [0.3, 0.4) is 0 Å². The summed E-state index contributed by atoms with van der Waals surface area (Å²) in [4.78, 5) is 23.2. The predicted octanol–water partition coefficient (Wildman–Crippen LogP) is 2.38. The SMILES string of the molecule is CCCC/C(C)=N/NC(=O)CC(=O)NCc1ccccc1. The third-order valence-electron chi connectivity index (χ3n) is 2.92. The molecule has 0 radical (unpaired) electrons. The van der Waals surface area contributed by atoms with Crippen LogP contribution in [0.2, 0.25) is 0 Å². The Kier molecular flexibility index (Phi) is 7.79. The first-order valence-electron chi connectivity index (χ1n) is 7.24. The molecular formula is C16H23N3O2. The summed E-state index contributed by atoms with van der Waals surface area (Å²) in [7, 11) is 0. The van der Waals surface area contributed by atoms with E-state index in [2.05, 4.69) is 22.8 Å². The van der Waals surface area contributed by atoms with Gasteiger partial charge < -0.3 is 5.32 Å². The third-order valence-corrected chi connectivity index (χ3v) is 2.92. The lowest BCUT2D eigenvalue weighted by Crippen LogP contribution is -2.29. The normalized spacial score (nSPS) is 11.0. The van der Waals surface area contributed by atoms with Gasteiger partial charge in [0, 0.05) is 12.3 Å². The van der Waals surface area contributed by atoms with Gasteiger partial charge in [0.2, 0.25) is 11.8 Å². The molecule has 114 valence electrons. The highest BCUT2D eigenvalue weighted by Gasteiger charge is 2.08. The van der Waals surface area contributed by atoms with Gasteiger partial charge >= 0.3 is 0 Å². The molecule has 0 spiro atoms. The molecule has 1 aromatic carbocycles. The van der Waals surface area contributed by atoms with Crippen molar-refractivity contribution in [2.24, 2.45) is 5.10 Å². The van der Waals surface area contributed by atoms with Crippen LogP contribution in [0.5, 0.6) is 0 Å². The smallest absolute Gasteiger partial charge is 0.249 e. The zero-order chi connectivity index (χ0) is 15.5. The molecule has 0 aliphatic heterocycles. The van der Waals surface area contributed by atoms with Gasteiger partial charge in [-0.3, -0.25) is 9.59 Å². The van der Waals surface area contributed by atoms with E-state index in [1.807, 2.05) is 37.3 Å². The van der Waals surface area contributed by atoms with E-state index in [0.717, 1.165) is 30.5 Å². The first kappa shape index (κ1) is 16.9. The van der Waals surface area contributed by atoms with Gasteiger partial charge in [0.1, 0.15) is 6.42 Å². The molecule has 0 bridgehead atoms. The van der Waals surface area contributed by atoms with Crippen LogP contribution in [0.25, 0.3) is 0 Å². The van der Waals surface area contributed by atoms with Crippen molar-refractivity contribution in [2.45, 2.75) is 46.1 Å². The number of carbonyl (C=O) groups excluding carboxylic acids is 2. The van der Waals surface area contributed by atoms with E-state index in [1.165, 1.54) is 0 Å². The first-order valence-corrected chi connectivity index (χ1v) is 7.24. The monoisotopic (exact) mass is 289 g/mol. The first-order chi connectivity index (χ1) is 10.1. The number of amides is 2. The number of hydrogen-bond acceptors (Lipinski definition) is 3. The van der Waals surface area contributed by atoms with Gasteiger partial charge in [0.15, 0.2) is 0 Å². The van der Waals surface area contributed by atoms with E-state index in [1.54, 1.807) is 0 Å². The fourth-order valence-corrected chi connectivity index (χ4v) is 1.69. The van der Waals surface area contributed by atoms with Crippen molar-refractivity contribution >= 4 is 17.5 Å². The van der Waals surface area contributed by atoms with E-state index >= 15 is 0 Å². The quantitative estimate of drug-likeness (QED) is 0.438. The minimum Gasteiger partial charge on any atom is -0.352 e. The lowest BCUT2D eigenvalue weighted by molar-refractivity contribution is -0.129. The highest BCUT2D eigenvalue weighted by Crippen LogP contribution is 1.98. The molecule has 0 fully saturated rings. The highest BCUT2D eigenvalue weighted by atomic mass is 16.2. The van der Waals surface area contributed by atoms with Crippen molar-refractivity contribution in [3.63, 3.8) is 0 Å². The summed E-state index contributed by atoms with van der Waals surface area (Å²) in [6, 6.07) is 9.56. The van der Waals surface area contributed by atoms with Gasteiger partial charge in [-0.25, -0.2) is 5.43 Å². The van der Waals surface area contributed by atoms with Crippen molar-refractivity contribution in [3.05, 3.63) is 35.9 Å². The predicted molar refractivity (Wildman–Crippen MR) is 83.7 cm³/mol. The molecule has 2 amide bonds. The lowest BCUT2D eigenvalue weighted by Gasteiger charge is -2.05. The molecule has 0 saturated carbocycles. The van der Waals surface area contributed by atoms with E-state index in [4.69, 9.17) is 0 Å². The summed E-state index contributed by atoms with van der Waals surface area (Å²) >= 11 is 0. The zero-order valence-corrected chi connectivity index (χ0v) is 12.7. The van der Waals surface area contributed by atoms with Gasteiger partial charge in [0.25, 0.3) is 0 Å². The molecule has 2 N–H and O–H groups in total. The maximum atomic E-state index is 11.6. The van der Waals surface area contributed by atoms with Crippen LogP contribution >= 0.6 is 0 Å². The molecule has 0 atom stereocenters. The number of benzene rings is 1. The van der Waals surface area contributed by atoms with E-state index in [0.29, 0.717) is 6.54 Å². The van der Waals surface area contributed by atoms with Crippen LogP contribution in [0.4, 0.5) is 0 Å². The van der Waals surface area contributed by atoms with Gasteiger partial charge in [-0.15, -0.1) is 0 Å². The molecule has 0 aliphatic rings. The fourth-order valence-electron chi connectivity index (χ4n) is 1.69. The fraction of sp³-hybridized carbons (Fsp3) is 0.438. The van der Waals surface area contributed by atoms with Gasteiger partial charge in [-0.05, 0) is 25.3 Å². The number of unbranched alkanes of at least 4 members (excludes halogenated alkanes) is 1.